The van der Waals surface area contributed by atoms with Crippen molar-refractivity contribution in [3.63, 3.8) is 0 Å². The fraction of sp³-hybridized carbons (Fsp3) is 0.538. The average Bonchev–Trinajstić information content (AvgIpc) is 2.22. The van der Waals surface area contributed by atoms with Gasteiger partial charge < -0.3 is 5.32 Å². The van der Waals surface area contributed by atoms with Crippen LogP contribution >= 0.6 is 0 Å². The molecule has 1 aromatic rings. The SMILES string of the molecule is CC.Cc1ccc2c(c1)C(C)NCC2. The third-order valence-electron chi connectivity index (χ3n) is 2.61. The molecule has 0 saturated heterocycles. The van der Waals surface area contributed by atoms with Gasteiger partial charge in [0.15, 0.2) is 0 Å². The summed E-state index contributed by atoms with van der Waals surface area (Å²) in [5.41, 5.74) is 4.37. The van der Waals surface area contributed by atoms with E-state index in [1.807, 2.05) is 13.8 Å². The Kier molecular flexibility index (Phi) is 4.15. The summed E-state index contributed by atoms with van der Waals surface area (Å²) in [6.45, 7) is 9.51. The Bertz CT molecular complexity index is 291. The second kappa shape index (κ2) is 5.16. The first-order valence-electron chi connectivity index (χ1n) is 5.60. The van der Waals surface area contributed by atoms with Gasteiger partial charge in [0, 0.05) is 6.04 Å². The highest BCUT2D eigenvalue weighted by Gasteiger charge is 2.14. The van der Waals surface area contributed by atoms with Gasteiger partial charge in [0.25, 0.3) is 0 Å². The zero-order valence-electron chi connectivity index (χ0n) is 9.72. The minimum absolute atomic E-state index is 0.536. The first kappa shape index (κ1) is 11.3. The van der Waals surface area contributed by atoms with E-state index in [0.717, 1.165) is 6.54 Å². The third kappa shape index (κ3) is 2.36. The number of fused-ring (bicyclic) bond motifs is 1. The van der Waals surface area contributed by atoms with Crippen LogP contribution in [0, 0.1) is 6.92 Å². The molecule has 0 aliphatic carbocycles. The average molecular weight is 191 g/mol. The van der Waals surface area contributed by atoms with Gasteiger partial charge in [0.05, 0.1) is 0 Å². The minimum Gasteiger partial charge on any atom is -0.310 e. The molecule has 0 aromatic heterocycles. The first-order valence-corrected chi connectivity index (χ1v) is 5.60. The van der Waals surface area contributed by atoms with Crippen molar-refractivity contribution in [3.05, 3.63) is 34.9 Å². The maximum atomic E-state index is 3.47. The maximum Gasteiger partial charge on any atom is 0.0294 e. The van der Waals surface area contributed by atoms with Crippen molar-refractivity contribution in [2.24, 2.45) is 0 Å². The topological polar surface area (TPSA) is 12.0 Å². The summed E-state index contributed by atoms with van der Waals surface area (Å²) in [6, 6.07) is 7.30. The number of nitrogens with one attached hydrogen (secondary N) is 1. The normalized spacial score (nSPS) is 19.3. The Morgan fingerprint density at radius 3 is 2.71 bits per heavy atom. The highest BCUT2D eigenvalue weighted by molar-refractivity contribution is 5.35. The van der Waals surface area contributed by atoms with Gasteiger partial charge in [0.1, 0.15) is 0 Å². The standard InChI is InChI=1S/C11H15N.C2H6/c1-8-3-4-10-5-6-12-9(2)11(10)7-8;1-2/h3-4,7,9,12H,5-6H2,1-2H3;1-2H3. The second-order valence-electron chi connectivity index (χ2n) is 3.63. The van der Waals surface area contributed by atoms with Gasteiger partial charge in [-0.15, -0.1) is 0 Å². The molecule has 1 heteroatoms. The Morgan fingerprint density at radius 2 is 2.00 bits per heavy atom. The first-order chi connectivity index (χ1) is 6.77. The predicted molar refractivity (Wildman–Crippen MR) is 62.6 cm³/mol. The lowest BCUT2D eigenvalue weighted by Crippen LogP contribution is -2.27. The summed E-state index contributed by atoms with van der Waals surface area (Å²) in [4.78, 5) is 0. The fourth-order valence-corrected chi connectivity index (χ4v) is 1.88. The molecule has 1 atom stereocenters. The predicted octanol–water partition coefficient (Wildman–Crippen LogP) is 3.23. The van der Waals surface area contributed by atoms with E-state index >= 15 is 0 Å². The summed E-state index contributed by atoms with van der Waals surface area (Å²) in [5, 5.41) is 3.47. The molecule has 0 saturated carbocycles. The van der Waals surface area contributed by atoms with Crippen LogP contribution in [0.25, 0.3) is 0 Å². The van der Waals surface area contributed by atoms with Crippen molar-refractivity contribution in [2.45, 2.75) is 40.2 Å². The highest BCUT2D eigenvalue weighted by atomic mass is 14.9. The third-order valence-corrected chi connectivity index (χ3v) is 2.61. The molecular weight excluding hydrogens is 170 g/mol. The van der Waals surface area contributed by atoms with Crippen LogP contribution in [-0.2, 0) is 6.42 Å². The molecule has 0 radical (unpaired) electrons. The Balaban J connectivity index is 0.000000461. The summed E-state index contributed by atoms with van der Waals surface area (Å²) in [5.74, 6) is 0. The van der Waals surface area contributed by atoms with Crippen LogP contribution < -0.4 is 5.32 Å². The van der Waals surface area contributed by atoms with Crippen molar-refractivity contribution in [2.75, 3.05) is 6.54 Å². The van der Waals surface area contributed by atoms with E-state index in [1.54, 1.807) is 0 Å². The van der Waals surface area contributed by atoms with Crippen LogP contribution in [0.15, 0.2) is 18.2 Å². The molecule has 1 unspecified atom stereocenters. The molecule has 1 N–H and O–H groups in total. The van der Waals surface area contributed by atoms with E-state index in [0.29, 0.717) is 6.04 Å². The number of hydrogen-bond donors (Lipinski definition) is 1. The van der Waals surface area contributed by atoms with Gasteiger partial charge in [0.2, 0.25) is 0 Å². The van der Waals surface area contributed by atoms with Gasteiger partial charge in [-0.2, -0.15) is 0 Å². The number of rotatable bonds is 0. The molecule has 78 valence electrons. The summed E-state index contributed by atoms with van der Waals surface area (Å²) in [6.07, 6.45) is 1.18. The van der Waals surface area contributed by atoms with Gasteiger partial charge in [-0.25, -0.2) is 0 Å². The van der Waals surface area contributed by atoms with Crippen molar-refractivity contribution < 1.29 is 0 Å². The van der Waals surface area contributed by atoms with Gasteiger partial charge in [-0.1, -0.05) is 37.6 Å². The smallest absolute Gasteiger partial charge is 0.0294 e. The van der Waals surface area contributed by atoms with Crippen molar-refractivity contribution in [1.82, 2.24) is 5.32 Å². The zero-order valence-corrected chi connectivity index (χ0v) is 9.72. The summed E-state index contributed by atoms with van der Waals surface area (Å²) < 4.78 is 0. The summed E-state index contributed by atoms with van der Waals surface area (Å²) in [7, 11) is 0. The van der Waals surface area contributed by atoms with Crippen LogP contribution in [0.3, 0.4) is 0 Å². The molecule has 1 aliphatic heterocycles. The molecule has 0 spiro atoms. The van der Waals surface area contributed by atoms with Crippen LogP contribution in [-0.4, -0.2) is 6.54 Å². The molecule has 0 bridgehead atoms. The second-order valence-corrected chi connectivity index (χ2v) is 3.63. The molecule has 2 rings (SSSR count). The quantitative estimate of drug-likeness (QED) is 0.664. The number of hydrogen-bond acceptors (Lipinski definition) is 1. The maximum absolute atomic E-state index is 3.47. The molecule has 1 heterocycles. The van der Waals surface area contributed by atoms with Gasteiger partial charge in [-0.3, -0.25) is 0 Å². The lowest BCUT2D eigenvalue weighted by Gasteiger charge is -2.24. The van der Waals surface area contributed by atoms with Crippen LogP contribution in [0.5, 0.6) is 0 Å². The molecule has 0 fully saturated rings. The molecule has 0 amide bonds. The molecule has 14 heavy (non-hydrogen) atoms. The fourth-order valence-electron chi connectivity index (χ4n) is 1.88. The van der Waals surface area contributed by atoms with E-state index in [1.165, 1.54) is 23.1 Å². The van der Waals surface area contributed by atoms with Crippen molar-refractivity contribution in [1.29, 1.82) is 0 Å². The molecule has 1 aromatic carbocycles. The Labute approximate surface area is 87.5 Å². The number of aryl methyl sites for hydroxylation is 1. The van der Waals surface area contributed by atoms with E-state index in [2.05, 4.69) is 37.4 Å². The van der Waals surface area contributed by atoms with Crippen LogP contribution in [0.4, 0.5) is 0 Å². The van der Waals surface area contributed by atoms with Crippen LogP contribution in [0.2, 0.25) is 0 Å². The lowest BCUT2D eigenvalue weighted by molar-refractivity contribution is 0.540. The lowest BCUT2D eigenvalue weighted by atomic mass is 9.94. The Morgan fingerprint density at radius 1 is 1.29 bits per heavy atom. The minimum atomic E-state index is 0.536. The van der Waals surface area contributed by atoms with Crippen molar-refractivity contribution in [3.8, 4) is 0 Å². The zero-order chi connectivity index (χ0) is 10.6. The number of benzene rings is 1. The molecule has 1 aliphatic rings. The highest BCUT2D eigenvalue weighted by Crippen LogP contribution is 2.22. The van der Waals surface area contributed by atoms with Gasteiger partial charge >= 0.3 is 0 Å². The Hall–Kier alpha value is -0.820. The largest absolute Gasteiger partial charge is 0.310 e. The van der Waals surface area contributed by atoms with E-state index in [-0.39, 0.29) is 0 Å². The van der Waals surface area contributed by atoms with E-state index < -0.39 is 0 Å². The molecular formula is C13H21N. The summed E-state index contributed by atoms with van der Waals surface area (Å²) >= 11 is 0. The molecule has 1 nitrogen and oxygen atoms in total. The van der Waals surface area contributed by atoms with E-state index in [4.69, 9.17) is 0 Å². The van der Waals surface area contributed by atoms with Crippen LogP contribution in [0.1, 0.15) is 43.5 Å². The van der Waals surface area contributed by atoms with Crippen molar-refractivity contribution >= 4 is 0 Å². The monoisotopic (exact) mass is 191 g/mol. The van der Waals surface area contributed by atoms with Gasteiger partial charge in [-0.05, 0) is 37.9 Å². The van der Waals surface area contributed by atoms with E-state index in [9.17, 15) is 0 Å².